The molecule has 1 aromatic heterocycles. The van der Waals surface area contributed by atoms with Crippen LogP contribution in [0, 0.1) is 0 Å². The van der Waals surface area contributed by atoms with Gasteiger partial charge in [0, 0.05) is 30.6 Å². The zero-order valence-electron chi connectivity index (χ0n) is 13.4. The molecule has 0 aliphatic carbocycles. The van der Waals surface area contributed by atoms with Gasteiger partial charge >= 0.3 is 0 Å². The van der Waals surface area contributed by atoms with E-state index in [0.29, 0.717) is 9.60 Å². The van der Waals surface area contributed by atoms with Crippen molar-refractivity contribution in [1.29, 1.82) is 0 Å². The van der Waals surface area contributed by atoms with E-state index < -0.39 is 15.9 Å². The van der Waals surface area contributed by atoms with Crippen LogP contribution in [0.1, 0.15) is 28.7 Å². The van der Waals surface area contributed by atoms with Gasteiger partial charge in [-0.25, -0.2) is 12.7 Å². The number of carbonyl (C=O) groups is 1. The third kappa shape index (κ3) is 4.18. The third-order valence-electron chi connectivity index (χ3n) is 3.10. The van der Waals surface area contributed by atoms with E-state index >= 15 is 0 Å². The van der Waals surface area contributed by atoms with Gasteiger partial charge in [0.25, 0.3) is 5.91 Å². The Morgan fingerprint density at radius 2 is 2.04 bits per heavy atom. The summed E-state index contributed by atoms with van der Waals surface area (Å²) in [7, 11) is -0.788. The van der Waals surface area contributed by atoms with Gasteiger partial charge in [0.2, 0.25) is 15.2 Å². The molecule has 0 atom stereocenters. The fourth-order valence-electron chi connectivity index (χ4n) is 1.83. The molecule has 0 aliphatic rings. The molecular weight excluding hydrogens is 416 g/mol. The summed E-state index contributed by atoms with van der Waals surface area (Å²) in [6.07, 6.45) is 1.75. The summed E-state index contributed by atoms with van der Waals surface area (Å²) in [5.74, 6) is -0.433. The Kier molecular flexibility index (Phi) is 6.07. The average Bonchev–Trinajstić information content (AvgIpc) is 2.94. The molecule has 1 heterocycles. The van der Waals surface area contributed by atoms with Crippen LogP contribution in [0.2, 0.25) is 0 Å². The zero-order valence-corrected chi connectivity index (χ0v) is 16.6. The van der Waals surface area contributed by atoms with Gasteiger partial charge in [-0.3, -0.25) is 10.1 Å². The first kappa shape index (κ1) is 19.0. The lowest BCUT2D eigenvalue weighted by molar-refractivity contribution is 0.102. The minimum Gasteiger partial charge on any atom is -0.296 e. The molecule has 1 aromatic carbocycles. The Morgan fingerprint density at radius 3 is 2.67 bits per heavy atom. The van der Waals surface area contributed by atoms with E-state index in [1.807, 2.05) is 6.92 Å². The molecule has 0 aliphatic heterocycles. The van der Waals surface area contributed by atoms with Crippen LogP contribution in [-0.2, 0) is 16.4 Å². The van der Waals surface area contributed by atoms with Crippen molar-refractivity contribution in [3.8, 4) is 0 Å². The Labute approximate surface area is 153 Å². The molecule has 0 saturated carbocycles. The largest absolute Gasteiger partial charge is 0.296 e. The van der Waals surface area contributed by atoms with E-state index in [9.17, 15) is 13.2 Å². The number of nitrogens with zero attached hydrogens (tertiary/aromatic N) is 3. The molecule has 0 saturated heterocycles. The second kappa shape index (κ2) is 7.68. The first-order valence-corrected chi connectivity index (χ1v) is 10.2. The van der Waals surface area contributed by atoms with Gasteiger partial charge in [0.1, 0.15) is 5.01 Å². The fraction of sp³-hybridized carbons (Fsp3) is 0.357. The van der Waals surface area contributed by atoms with E-state index in [4.69, 9.17) is 0 Å². The molecule has 2 rings (SSSR count). The van der Waals surface area contributed by atoms with Gasteiger partial charge in [-0.15, -0.1) is 10.2 Å². The number of hydrogen-bond acceptors (Lipinski definition) is 6. The van der Waals surface area contributed by atoms with Crippen LogP contribution in [-0.4, -0.2) is 42.9 Å². The van der Waals surface area contributed by atoms with E-state index in [2.05, 4.69) is 31.4 Å². The summed E-state index contributed by atoms with van der Waals surface area (Å²) >= 11 is 4.52. The van der Waals surface area contributed by atoms with Crippen LogP contribution in [0.4, 0.5) is 5.13 Å². The Hall–Kier alpha value is -1.36. The smallest absolute Gasteiger partial charge is 0.257 e. The minimum atomic E-state index is -3.66. The summed E-state index contributed by atoms with van der Waals surface area (Å²) in [4.78, 5) is 12.4. The highest BCUT2D eigenvalue weighted by atomic mass is 79.9. The Balaban J connectivity index is 2.27. The number of nitrogens with one attached hydrogen (secondary N) is 1. The van der Waals surface area contributed by atoms with E-state index in [1.165, 1.54) is 37.6 Å². The molecule has 2 aromatic rings. The fourth-order valence-corrected chi connectivity index (χ4v) is 4.51. The summed E-state index contributed by atoms with van der Waals surface area (Å²) in [5, 5.41) is 11.8. The number of benzene rings is 1. The van der Waals surface area contributed by atoms with Gasteiger partial charge in [-0.2, -0.15) is 0 Å². The second-order valence-corrected chi connectivity index (χ2v) is 9.17. The number of carbonyl (C=O) groups excluding carboxylic acids is 1. The number of aromatic nitrogens is 2. The Bertz CT molecular complexity index is 849. The number of amides is 1. The van der Waals surface area contributed by atoms with Crippen molar-refractivity contribution in [2.45, 2.75) is 24.7 Å². The molecule has 0 bridgehead atoms. The standard InChI is InChI=1S/C14H17BrN4O3S2/c1-4-5-12-17-18-14(23-12)16-13(20)9-6-7-10(15)11(8-9)24(21,22)19(2)3/h6-8H,4-5H2,1-3H3,(H,16,18,20). The number of sulfonamides is 1. The maximum absolute atomic E-state index is 12.3. The van der Waals surface area contributed by atoms with Crippen molar-refractivity contribution in [3.05, 3.63) is 33.2 Å². The molecule has 24 heavy (non-hydrogen) atoms. The molecule has 0 fully saturated rings. The van der Waals surface area contributed by atoms with Crippen LogP contribution >= 0.6 is 27.3 Å². The lowest BCUT2D eigenvalue weighted by Crippen LogP contribution is -2.23. The maximum Gasteiger partial charge on any atom is 0.257 e. The normalized spacial score (nSPS) is 11.7. The lowest BCUT2D eigenvalue weighted by atomic mass is 10.2. The van der Waals surface area contributed by atoms with Crippen LogP contribution in [0.15, 0.2) is 27.6 Å². The Morgan fingerprint density at radius 1 is 1.33 bits per heavy atom. The maximum atomic E-state index is 12.3. The first-order valence-electron chi connectivity index (χ1n) is 7.11. The lowest BCUT2D eigenvalue weighted by Gasteiger charge is -2.13. The van der Waals surface area contributed by atoms with Crippen molar-refractivity contribution < 1.29 is 13.2 Å². The van der Waals surface area contributed by atoms with Crippen LogP contribution in [0.25, 0.3) is 0 Å². The highest BCUT2D eigenvalue weighted by Gasteiger charge is 2.22. The number of hydrogen-bond donors (Lipinski definition) is 1. The highest BCUT2D eigenvalue weighted by molar-refractivity contribution is 9.10. The molecule has 10 heteroatoms. The van der Waals surface area contributed by atoms with Crippen molar-refractivity contribution in [2.75, 3.05) is 19.4 Å². The van der Waals surface area contributed by atoms with Gasteiger partial charge in [-0.1, -0.05) is 18.3 Å². The van der Waals surface area contributed by atoms with Crippen molar-refractivity contribution in [1.82, 2.24) is 14.5 Å². The monoisotopic (exact) mass is 432 g/mol. The molecule has 7 nitrogen and oxygen atoms in total. The van der Waals surface area contributed by atoms with Crippen LogP contribution in [0.5, 0.6) is 0 Å². The number of aryl methyl sites for hydroxylation is 1. The van der Waals surface area contributed by atoms with Gasteiger partial charge in [-0.05, 0) is 40.5 Å². The molecule has 0 radical (unpaired) electrons. The third-order valence-corrected chi connectivity index (χ3v) is 6.81. The van der Waals surface area contributed by atoms with E-state index in [0.717, 1.165) is 22.2 Å². The first-order chi connectivity index (χ1) is 11.3. The summed E-state index contributed by atoms with van der Waals surface area (Å²) < 4.78 is 26.1. The summed E-state index contributed by atoms with van der Waals surface area (Å²) in [5.41, 5.74) is 0.228. The number of halogens is 1. The minimum absolute atomic E-state index is 0.0316. The topological polar surface area (TPSA) is 92.3 Å². The van der Waals surface area contributed by atoms with Crippen LogP contribution in [0.3, 0.4) is 0 Å². The molecule has 0 spiro atoms. The van der Waals surface area contributed by atoms with Gasteiger partial charge in [0.15, 0.2) is 0 Å². The molecule has 130 valence electrons. The molecule has 1 amide bonds. The molecule has 1 N–H and O–H groups in total. The average molecular weight is 433 g/mol. The van der Waals surface area contributed by atoms with Gasteiger partial charge in [0.05, 0.1) is 4.90 Å². The zero-order chi connectivity index (χ0) is 17.9. The number of rotatable bonds is 6. The van der Waals surface area contributed by atoms with Crippen LogP contribution < -0.4 is 5.32 Å². The quantitative estimate of drug-likeness (QED) is 0.757. The van der Waals surface area contributed by atoms with Crippen molar-refractivity contribution in [3.63, 3.8) is 0 Å². The highest BCUT2D eigenvalue weighted by Crippen LogP contribution is 2.26. The van der Waals surface area contributed by atoms with Gasteiger partial charge < -0.3 is 0 Å². The predicted octanol–water partition coefficient (Wildman–Crippen LogP) is 2.76. The SMILES string of the molecule is CCCc1nnc(NC(=O)c2ccc(Br)c(S(=O)(=O)N(C)C)c2)s1. The van der Waals surface area contributed by atoms with E-state index in [1.54, 1.807) is 6.07 Å². The van der Waals surface area contributed by atoms with Crippen molar-refractivity contribution >= 4 is 48.3 Å². The predicted molar refractivity (Wildman–Crippen MR) is 96.9 cm³/mol. The summed E-state index contributed by atoms with van der Waals surface area (Å²) in [6, 6.07) is 4.42. The number of anilines is 1. The van der Waals surface area contributed by atoms with E-state index in [-0.39, 0.29) is 10.5 Å². The van der Waals surface area contributed by atoms with Crippen molar-refractivity contribution in [2.24, 2.45) is 0 Å². The molecule has 0 unspecified atom stereocenters. The second-order valence-electron chi connectivity index (χ2n) is 5.14. The summed E-state index contributed by atoms with van der Waals surface area (Å²) in [6.45, 7) is 2.04. The molecular formula is C14H17BrN4O3S2.